The first-order valence-electron chi connectivity index (χ1n) is 5.20. The Morgan fingerprint density at radius 2 is 2.17 bits per heavy atom. The number of hydrogen-bond acceptors (Lipinski definition) is 2. The molecule has 0 radical (unpaired) electrons. The number of likely N-dealkylation sites (tertiary alicyclic amines) is 1. The lowest BCUT2D eigenvalue weighted by molar-refractivity contribution is 0.203. The number of likely N-dealkylation sites (N-methyl/N-ethyl adjacent to an activating group) is 2. The van der Waals surface area contributed by atoms with Gasteiger partial charge in [-0.1, -0.05) is 13.8 Å². The monoisotopic (exact) mass is 170 g/mol. The van der Waals surface area contributed by atoms with Crippen LogP contribution in [0.2, 0.25) is 0 Å². The maximum atomic E-state index is 2.60. The lowest BCUT2D eigenvalue weighted by Gasteiger charge is -2.26. The minimum absolute atomic E-state index is 0.833. The number of nitrogens with zero attached hydrogens (tertiary/aromatic N) is 2. The molecule has 1 atom stereocenters. The van der Waals surface area contributed by atoms with E-state index in [1.54, 1.807) is 0 Å². The zero-order valence-corrected chi connectivity index (χ0v) is 8.71. The topological polar surface area (TPSA) is 6.48 Å². The molecule has 0 aromatic carbocycles. The molecule has 2 heteroatoms. The highest BCUT2D eigenvalue weighted by Gasteiger charge is 2.23. The van der Waals surface area contributed by atoms with Crippen molar-refractivity contribution in [1.29, 1.82) is 0 Å². The summed E-state index contributed by atoms with van der Waals surface area (Å²) in [5.74, 6) is 0. The van der Waals surface area contributed by atoms with Crippen molar-refractivity contribution in [3.63, 3.8) is 0 Å². The van der Waals surface area contributed by atoms with Gasteiger partial charge in [-0.3, -0.25) is 4.90 Å². The SMILES string of the molecule is CCN(C)CC1CCCN1CC. The van der Waals surface area contributed by atoms with Gasteiger partial charge in [0.25, 0.3) is 0 Å². The summed E-state index contributed by atoms with van der Waals surface area (Å²) in [6, 6.07) is 0.833. The van der Waals surface area contributed by atoms with Gasteiger partial charge >= 0.3 is 0 Å². The van der Waals surface area contributed by atoms with Crippen LogP contribution < -0.4 is 0 Å². The maximum Gasteiger partial charge on any atom is 0.0223 e. The molecule has 0 saturated carbocycles. The molecule has 1 heterocycles. The van der Waals surface area contributed by atoms with E-state index in [0.29, 0.717) is 0 Å². The van der Waals surface area contributed by atoms with Crippen molar-refractivity contribution in [3.8, 4) is 0 Å². The standard InChI is InChI=1S/C10H22N2/c1-4-11(3)9-10-7-6-8-12(10)5-2/h10H,4-9H2,1-3H3. The minimum atomic E-state index is 0.833. The van der Waals surface area contributed by atoms with E-state index in [0.717, 1.165) is 6.04 Å². The molecule has 1 rings (SSSR count). The molecule has 1 fully saturated rings. The summed E-state index contributed by atoms with van der Waals surface area (Å²) in [4.78, 5) is 5.02. The molecule has 0 bridgehead atoms. The Kier molecular flexibility index (Phi) is 4.02. The van der Waals surface area contributed by atoms with Crippen molar-refractivity contribution in [2.45, 2.75) is 32.7 Å². The third-order valence-corrected chi connectivity index (χ3v) is 2.97. The average molecular weight is 170 g/mol. The molecule has 0 N–H and O–H groups in total. The van der Waals surface area contributed by atoms with Gasteiger partial charge in [-0.25, -0.2) is 0 Å². The molecule has 12 heavy (non-hydrogen) atoms. The van der Waals surface area contributed by atoms with Crippen LogP contribution in [0.15, 0.2) is 0 Å². The Hall–Kier alpha value is -0.0800. The normalized spacial score (nSPS) is 25.5. The fraction of sp³-hybridized carbons (Fsp3) is 1.00. The van der Waals surface area contributed by atoms with E-state index in [9.17, 15) is 0 Å². The summed E-state index contributed by atoms with van der Waals surface area (Å²) < 4.78 is 0. The van der Waals surface area contributed by atoms with Gasteiger partial charge in [0, 0.05) is 12.6 Å². The highest BCUT2D eigenvalue weighted by atomic mass is 15.2. The highest BCUT2D eigenvalue weighted by Crippen LogP contribution is 2.16. The zero-order chi connectivity index (χ0) is 8.97. The van der Waals surface area contributed by atoms with Gasteiger partial charge in [-0.05, 0) is 39.5 Å². The average Bonchev–Trinajstić information content (AvgIpc) is 2.51. The summed E-state index contributed by atoms with van der Waals surface area (Å²) in [6.45, 7) is 9.47. The van der Waals surface area contributed by atoms with E-state index in [4.69, 9.17) is 0 Å². The summed E-state index contributed by atoms with van der Waals surface area (Å²) in [6.07, 6.45) is 2.80. The summed E-state index contributed by atoms with van der Waals surface area (Å²) in [5, 5.41) is 0. The van der Waals surface area contributed by atoms with Crippen LogP contribution in [0.5, 0.6) is 0 Å². The van der Waals surface area contributed by atoms with Crippen LogP contribution >= 0.6 is 0 Å². The molecular formula is C10H22N2. The van der Waals surface area contributed by atoms with Crippen LogP contribution in [0.1, 0.15) is 26.7 Å². The molecule has 0 amide bonds. The van der Waals surface area contributed by atoms with Gasteiger partial charge in [-0.2, -0.15) is 0 Å². The largest absolute Gasteiger partial charge is 0.305 e. The van der Waals surface area contributed by atoms with Gasteiger partial charge in [0.05, 0.1) is 0 Å². The van der Waals surface area contributed by atoms with Crippen molar-refractivity contribution >= 4 is 0 Å². The Balaban J connectivity index is 2.30. The molecule has 1 aliphatic heterocycles. The molecule has 1 saturated heterocycles. The Bertz CT molecular complexity index is 125. The molecule has 1 aliphatic rings. The van der Waals surface area contributed by atoms with E-state index >= 15 is 0 Å². The van der Waals surface area contributed by atoms with E-state index in [2.05, 4.69) is 30.7 Å². The molecule has 0 aliphatic carbocycles. The van der Waals surface area contributed by atoms with E-state index < -0.39 is 0 Å². The van der Waals surface area contributed by atoms with Crippen molar-refractivity contribution in [1.82, 2.24) is 9.80 Å². The second-order valence-electron chi connectivity index (χ2n) is 3.78. The van der Waals surface area contributed by atoms with Crippen molar-refractivity contribution < 1.29 is 0 Å². The molecule has 0 spiro atoms. The van der Waals surface area contributed by atoms with Crippen LogP contribution in [-0.4, -0.2) is 49.1 Å². The van der Waals surface area contributed by atoms with E-state index in [-0.39, 0.29) is 0 Å². The van der Waals surface area contributed by atoms with Crippen LogP contribution in [0.25, 0.3) is 0 Å². The third kappa shape index (κ3) is 2.46. The van der Waals surface area contributed by atoms with E-state index in [1.165, 1.54) is 39.0 Å². The molecule has 1 unspecified atom stereocenters. The molecular weight excluding hydrogens is 148 g/mol. The summed E-state index contributed by atoms with van der Waals surface area (Å²) >= 11 is 0. The van der Waals surface area contributed by atoms with E-state index in [1.807, 2.05) is 0 Å². The Morgan fingerprint density at radius 1 is 1.42 bits per heavy atom. The first kappa shape index (κ1) is 10.0. The third-order valence-electron chi connectivity index (χ3n) is 2.97. The first-order valence-corrected chi connectivity index (χ1v) is 5.20. The minimum Gasteiger partial charge on any atom is -0.305 e. The Morgan fingerprint density at radius 3 is 2.75 bits per heavy atom. The predicted octanol–water partition coefficient (Wildman–Crippen LogP) is 1.42. The summed E-state index contributed by atoms with van der Waals surface area (Å²) in [5.41, 5.74) is 0. The lowest BCUT2D eigenvalue weighted by atomic mass is 10.2. The highest BCUT2D eigenvalue weighted by molar-refractivity contribution is 4.80. The lowest BCUT2D eigenvalue weighted by Crippen LogP contribution is -2.38. The van der Waals surface area contributed by atoms with Gasteiger partial charge in [0.1, 0.15) is 0 Å². The fourth-order valence-electron chi connectivity index (χ4n) is 2.01. The van der Waals surface area contributed by atoms with Gasteiger partial charge in [0.15, 0.2) is 0 Å². The first-order chi connectivity index (χ1) is 5.77. The van der Waals surface area contributed by atoms with Crippen LogP contribution in [-0.2, 0) is 0 Å². The molecule has 0 aromatic rings. The van der Waals surface area contributed by atoms with Crippen molar-refractivity contribution in [2.24, 2.45) is 0 Å². The summed E-state index contributed by atoms with van der Waals surface area (Å²) in [7, 11) is 2.21. The van der Waals surface area contributed by atoms with Gasteiger partial charge in [0.2, 0.25) is 0 Å². The predicted molar refractivity (Wildman–Crippen MR) is 53.4 cm³/mol. The maximum absolute atomic E-state index is 2.60. The second kappa shape index (κ2) is 4.83. The van der Waals surface area contributed by atoms with Crippen molar-refractivity contribution in [2.75, 3.05) is 33.2 Å². The quantitative estimate of drug-likeness (QED) is 0.629. The number of rotatable bonds is 4. The molecule has 0 aromatic heterocycles. The fourth-order valence-corrected chi connectivity index (χ4v) is 2.01. The van der Waals surface area contributed by atoms with Gasteiger partial charge < -0.3 is 4.90 Å². The van der Waals surface area contributed by atoms with Gasteiger partial charge in [-0.15, -0.1) is 0 Å². The van der Waals surface area contributed by atoms with Crippen LogP contribution in [0, 0.1) is 0 Å². The Labute approximate surface area is 76.5 Å². The zero-order valence-electron chi connectivity index (χ0n) is 8.71. The second-order valence-corrected chi connectivity index (χ2v) is 3.78. The van der Waals surface area contributed by atoms with Crippen LogP contribution in [0.4, 0.5) is 0 Å². The number of hydrogen-bond donors (Lipinski definition) is 0. The van der Waals surface area contributed by atoms with Crippen molar-refractivity contribution in [3.05, 3.63) is 0 Å². The molecule has 72 valence electrons. The smallest absolute Gasteiger partial charge is 0.0223 e. The molecule has 2 nitrogen and oxygen atoms in total. The van der Waals surface area contributed by atoms with Crippen LogP contribution in [0.3, 0.4) is 0 Å².